The molecule has 1 aromatic carbocycles. The van der Waals surface area contributed by atoms with E-state index >= 15 is 0 Å². The first-order chi connectivity index (χ1) is 12.3. The molecule has 0 aliphatic rings. The van der Waals surface area contributed by atoms with E-state index in [2.05, 4.69) is 27.5 Å². The highest BCUT2D eigenvalue weighted by Crippen LogP contribution is 2.22. The van der Waals surface area contributed by atoms with E-state index in [0.717, 1.165) is 11.3 Å². The van der Waals surface area contributed by atoms with Crippen LogP contribution in [0, 0.1) is 0 Å². The molecule has 0 spiro atoms. The average Bonchev–Trinajstić information content (AvgIpc) is 3.30. The number of rotatable bonds is 6. The Morgan fingerprint density at radius 1 is 1.28 bits per heavy atom. The first-order valence-electron chi connectivity index (χ1n) is 7.64. The van der Waals surface area contributed by atoms with E-state index < -0.39 is 0 Å². The third kappa shape index (κ3) is 4.21. The Morgan fingerprint density at radius 3 is 2.84 bits per heavy atom. The lowest BCUT2D eigenvalue weighted by atomic mass is 10.2. The molecule has 2 N–H and O–H groups in total. The van der Waals surface area contributed by atoms with Crippen LogP contribution in [0.3, 0.4) is 0 Å². The van der Waals surface area contributed by atoms with Crippen LogP contribution in [-0.4, -0.2) is 27.7 Å². The number of furan rings is 1. The van der Waals surface area contributed by atoms with Gasteiger partial charge in [-0.15, -0.1) is 6.58 Å². The van der Waals surface area contributed by atoms with Crippen molar-refractivity contribution in [2.24, 2.45) is 5.10 Å². The molecule has 0 radical (unpaired) electrons. The summed E-state index contributed by atoms with van der Waals surface area (Å²) < 4.78 is 7.27. The molecule has 126 valence electrons. The number of hydrogen-bond donors (Lipinski definition) is 2. The summed E-state index contributed by atoms with van der Waals surface area (Å²) in [6, 6.07) is 13.5. The van der Waals surface area contributed by atoms with Crippen LogP contribution in [0.15, 0.2) is 77.1 Å². The van der Waals surface area contributed by atoms with Crippen molar-refractivity contribution < 1.29 is 4.42 Å². The van der Waals surface area contributed by atoms with Gasteiger partial charge in [-0.1, -0.05) is 24.3 Å². The van der Waals surface area contributed by atoms with Crippen LogP contribution >= 0.6 is 12.2 Å². The van der Waals surface area contributed by atoms with Gasteiger partial charge in [0.15, 0.2) is 10.9 Å². The van der Waals surface area contributed by atoms with Gasteiger partial charge in [-0.05, 0) is 36.5 Å². The van der Waals surface area contributed by atoms with Gasteiger partial charge in [0, 0.05) is 18.3 Å². The molecule has 2 heterocycles. The zero-order chi connectivity index (χ0) is 17.5. The predicted molar refractivity (Wildman–Crippen MR) is 103 cm³/mol. The zero-order valence-corrected chi connectivity index (χ0v) is 14.2. The molecule has 0 amide bonds. The number of nitrogens with zero attached hydrogens (tertiary/aromatic N) is 3. The molecule has 0 aliphatic heterocycles. The second-order valence-electron chi connectivity index (χ2n) is 5.06. The molecule has 0 unspecified atom stereocenters. The largest absolute Gasteiger partial charge is 0.463 e. The molecule has 0 saturated heterocycles. The van der Waals surface area contributed by atoms with E-state index in [4.69, 9.17) is 16.6 Å². The van der Waals surface area contributed by atoms with Gasteiger partial charge < -0.3 is 9.73 Å². The summed E-state index contributed by atoms with van der Waals surface area (Å²) >= 11 is 5.11. The lowest BCUT2D eigenvalue weighted by molar-refractivity contribution is 0.579. The number of hydrazone groups is 1. The minimum Gasteiger partial charge on any atom is -0.463 e. The lowest BCUT2D eigenvalue weighted by Gasteiger charge is -2.02. The predicted octanol–water partition coefficient (Wildman–Crippen LogP) is 3.12. The third-order valence-electron chi connectivity index (χ3n) is 3.29. The average molecular weight is 351 g/mol. The summed E-state index contributed by atoms with van der Waals surface area (Å²) in [7, 11) is 0. The number of para-hydroxylation sites is 1. The highest BCUT2D eigenvalue weighted by Gasteiger charge is 2.13. The normalized spacial score (nSPS) is 10.7. The lowest BCUT2D eigenvalue weighted by Crippen LogP contribution is -2.31. The van der Waals surface area contributed by atoms with Crippen LogP contribution in [0.1, 0.15) is 5.56 Å². The highest BCUT2D eigenvalue weighted by molar-refractivity contribution is 7.80. The summed E-state index contributed by atoms with van der Waals surface area (Å²) in [5, 5.41) is 12.1. The van der Waals surface area contributed by atoms with Crippen molar-refractivity contribution in [3.63, 3.8) is 0 Å². The van der Waals surface area contributed by atoms with Gasteiger partial charge in [0.05, 0.1) is 18.2 Å². The first kappa shape index (κ1) is 16.7. The maximum atomic E-state index is 5.48. The van der Waals surface area contributed by atoms with Crippen LogP contribution in [0.2, 0.25) is 0 Å². The van der Waals surface area contributed by atoms with Crippen molar-refractivity contribution in [3.05, 3.63) is 73.1 Å². The summed E-state index contributed by atoms with van der Waals surface area (Å²) in [6.07, 6.45) is 6.88. The number of thiocarbonyl (C=S) groups is 1. The standard InChI is InChI=1S/C18H17N5OS/c1-2-10-19-18(25)21-20-12-14-13-23(15-7-4-3-5-8-15)22-17(14)16-9-6-11-24-16/h2-9,11-13H,1,10H2,(H2,19,21,25)/b20-12+. The smallest absolute Gasteiger partial charge is 0.187 e. The van der Waals surface area contributed by atoms with Crippen molar-refractivity contribution >= 4 is 23.5 Å². The zero-order valence-electron chi connectivity index (χ0n) is 13.4. The molecule has 6 nitrogen and oxygen atoms in total. The van der Waals surface area contributed by atoms with Crippen LogP contribution in [0.4, 0.5) is 0 Å². The summed E-state index contributed by atoms with van der Waals surface area (Å²) in [5.74, 6) is 0.670. The SMILES string of the molecule is C=CCNC(=S)N/N=C/c1cn(-c2ccccc2)nc1-c1ccco1. The Hall–Kier alpha value is -3.19. The van der Waals surface area contributed by atoms with E-state index in [-0.39, 0.29) is 0 Å². The topological polar surface area (TPSA) is 67.4 Å². The fraction of sp³-hybridized carbons (Fsp3) is 0.0556. The van der Waals surface area contributed by atoms with Crippen LogP contribution in [-0.2, 0) is 0 Å². The Kier molecular flexibility index (Phi) is 5.38. The fourth-order valence-electron chi connectivity index (χ4n) is 2.16. The number of hydrogen-bond acceptors (Lipinski definition) is 4. The maximum absolute atomic E-state index is 5.48. The van der Waals surface area contributed by atoms with Crippen molar-refractivity contribution in [3.8, 4) is 17.1 Å². The van der Waals surface area contributed by atoms with E-state index in [1.807, 2.05) is 48.7 Å². The molecule has 2 aromatic heterocycles. The van der Waals surface area contributed by atoms with Gasteiger partial charge >= 0.3 is 0 Å². The van der Waals surface area contributed by atoms with Crippen molar-refractivity contribution in [1.29, 1.82) is 0 Å². The number of nitrogens with one attached hydrogen (secondary N) is 2. The van der Waals surface area contributed by atoms with Crippen LogP contribution in [0.5, 0.6) is 0 Å². The molecule has 0 fully saturated rings. The molecule has 0 bridgehead atoms. The molecule has 0 atom stereocenters. The molecular weight excluding hydrogens is 334 g/mol. The minimum absolute atomic E-state index is 0.422. The summed E-state index contributed by atoms with van der Waals surface area (Å²) in [4.78, 5) is 0. The molecule has 0 saturated carbocycles. The number of benzene rings is 1. The minimum atomic E-state index is 0.422. The monoisotopic (exact) mass is 351 g/mol. The van der Waals surface area contributed by atoms with E-state index in [1.165, 1.54) is 0 Å². The van der Waals surface area contributed by atoms with Crippen LogP contribution < -0.4 is 10.7 Å². The Balaban J connectivity index is 1.85. The fourth-order valence-corrected chi connectivity index (χ4v) is 2.30. The molecule has 3 rings (SSSR count). The quantitative estimate of drug-likeness (QED) is 0.309. The van der Waals surface area contributed by atoms with E-state index in [9.17, 15) is 0 Å². The molecule has 25 heavy (non-hydrogen) atoms. The number of aromatic nitrogens is 2. The second kappa shape index (κ2) is 8.07. The Labute approximate surface area is 150 Å². The van der Waals surface area contributed by atoms with Gasteiger partial charge in [-0.2, -0.15) is 10.2 Å². The molecule has 3 aromatic rings. The summed E-state index contributed by atoms with van der Waals surface area (Å²) in [6.45, 7) is 4.20. The van der Waals surface area contributed by atoms with E-state index in [1.54, 1.807) is 23.2 Å². The van der Waals surface area contributed by atoms with Gasteiger partial charge in [0.25, 0.3) is 0 Å². The third-order valence-corrected chi connectivity index (χ3v) is 3.53. The van der Waals surface area contributed by atoms with Crippen LogP contribution in [0.25, 0.3) is 17.1 Å². The van der Waals surface area contributed by atoms with Gasteiger partial charge in [0.2, 0.25) is 0 Å². The Morgan fingerprint density at radius 2 is 2.12 bits per heavy atom. The first-order valence-corrected chi connectivity index (χ1v) is 8.05. The molecule has 7 heteroatoms. The van der Waals surface area contributed by atoms with E-state index in [0.29, 0.717) is 23.1 Å². The Bertz CT molecular complexity index is 868. The highest BCUT2D eigenvalue weighted by atomic mass is 32.1. The van der Waals surface area contributed by atoms with Gasteiger partial charge in [-0.3, -0.25) is 5.43 Å². The van der Waals surface area contributed by atoms with Crippen molar-refractivity contribution in [2.75, 3.05) is 6.54 Å². The summed E-state index contributed by atoms with van der Waals surface area (Å²) in [5.41, 5.74) is 5.21. The van der Waals surface area contributed by atoms with Gasteiger partial charge in [0.1, 0.15) is 5.69 Å². The van der Waals surface area contributed by atoms with Crippen molar-refractivity contribution in [2.45, 2.75) is 0 Å². The second-order valence-corrected chi connectivity index (χ2v) is 5.47. The van der Waals surface area contributed by atoms with Gasteiger partial charge in [-0.25, -0.2) is 4.68 Å². The molecular formula is C18H17N5OS. The maximum Gasteiger partial charge on any atom is 0.187 e. The van der Waals surface area contributed by atoms with Crippen molar-refractivity contribution in [1.82, 2.24) is 20.5 Å². The molecule has 0 aliphatic carbocycles.